The van der Waals surface area contributed by atoms with Crippen LogP contribution in [0.4, 0.5) is 0 Å². The van der Waals surface area contributed by atoms with Crippen molar-refractivity contribution >= 4 is 15.9 Å². The van der Waals surface area contributed by atoms with Crippen molar-refractivity contribution in [3.63, 3.8) is 0 Å². The second-order valence-electron chi connectivity index (χ2n) is 4.14. The summed E-state index contributed by atoms with van der Waals surface area (Å²) in [6.45, 7) is 7.53. The Morgan fingerprint density at radius 1 is 1.53 bits per heavy atom. The quantitative estimate of drug-likeness (QED) is 0.864. The second-order valence-corrected chi connectivity index (χ2v) is 5.06. The lowest BCUT2D eigenvalue weighted by Crippen LogP contribution is -2.30. The molecule has 0 saturated heterocycles. The van der Waals surface area contributed by atoms with Crippen molar-refractivity contribution in [3.8, 4) is 0 Å². The Morgan fingerprint density at radius 3 is 2.73 bits per heavy atom. The molecule has 1 heterocycles. The maximum Gasteiger partial charge on any atom is 0.0644 e. The average molecular weight is 274 g/mol. The summed E-state index contributed by atoms with van der Waals surface area (Å²) in [5, 5.41) is 7.80. The first kappa shape index (κ1) is 12.7. The van der Waals surface area contributed by atoms with Gasteiger partial charge in [0.05, 0.1) is 16.7 Å². The van der Waals surface area contributed by atoms with E-state index in [2.05, 4.69) is 47.1 Å². The van der Waals surface area contributed by atoms with E-state index in [1.165, 1.54) is 6.42 Å². The van der Waals surface area contributed by atoms with Crippen molar-refractivity contribution in [1.82, 2.24) is 15.1 Å². The Morgan fingerprint density at radius 2 is 2.27 bits per heavy atom. The fraction of sp³-hybridized carbons (Fsp3) is 0.727. The summed E-state index contributed by atoms with van der Waals surface area (Å²) in [5.41, 5.74) is 0. The van der Waals surface area contributed by atoms with Gasteiger partial charge in [-0.1, -0.05) is 27.2 Å². The van der Waals surface area contributed by atoms with Crippen molar-refractivity contribution in [2.75, 3.05) is 6.54 Å². The predicted octanol–water partition coefficient (Wildman–Crippen LogP) is 2.98. The molecule has 4 heteroatoms. The zero-order valence-electron chi connectivity index (χ0n) is 9.70. The SMILES string of the molecule is CCCC(CNC(C)C)n1cc(Br)cn1. The molecule has 0 bridgehead atoms. The molecule has 0 aliphatic rings. The van der Waals surface area contributed by atoms with Gasteiger partial charge in [-0.2, -0.15) is 5.10 Å². The largest absolute Gasteiger partial charge is 0.312 e. The van der Waals surface area contributed by atoms with Gasteiger partial charge in [-0.3, -0.25) is 4.68 Å². The summed E-state index contributed by atoms with van der Waals surface area (Å²) in [6.07, 6.45) is 6.23. The van der Waals surface area contributed by atoms with Gasteiger partial charge >= 0.3 is 0 Å². The molecule has 0 radical (unpaired) electrons. The zero-order chi connectivity index (χ0) is 11.3. The van der Waals surface area contributed by atoms with Crippen molar-refractivity contribution in [2.45, 2.75) is 45.7 Å². The summed E-state index contributed by atoms with van der Waals surface area (Å²) in [5.74, 6) is 0. The molecular formula is C11H20BrN3. The zero-order valence-corrected chi connectivity index (χ0v) is 11.3. The Labute approximate surface area is 100 Å². The van der Waals surface area contributed by atoms with Gasteiger partial charge in [0.25, 0.3) is 0 Å². The number of hydrogen-bond acceptors (Lipinski definition) is 2. The second kappa shape index (κ2) is 6.28. The van der Waals surface area contributed by atoms with Crippen molar-refractivity contribution in [3.05, 3.63) is 16.9 Å². The third-order valence-electron chi connectivity index (χ3n) is 2.33. The molecule has 1 rings (SSSR count). The van der Waals surface area contributed by atoms with Crippen LogP contribution in [0.15, 0.2) is 16.9 Å². The molecule has 0 saturated carbocycles. The molecule has 1 aromatic heterocycles. The number of nitrogens with one attached hydrogen (secondary N) is 1. The van der Waals surface area contributed by atoms with Crippen molar-refractivity contribution < 1.29 is 0 Å². The lowest BCUT2D eigenvalue weighted by atomic mass is 10.1. The highest BCUT2D eigenvalue weighted by molar-refractivity contribution is 9.10. The van der Waals surface area contributed by atoms with Gasteiger partial charge < -0.3 is 5.32 Å². The first-order chi connectivity index (χ1) is 7.13. The maximum absolute atomic E-state index is 4.34. The standard InChI is InChI=1S/C11H20BrN3/c1-4-5-11(7-13-9(2)3)15-8-10(12)6-14-15/h6,8-9,11,13H,4-5,7H2,1-3H3. The van der Waals surface area contributed by atoms with Gasteiger partial charge in [0, 0.05) is 18.8 Å². The lowest BCUT2D eigenvalue weighted by molar-refractivity contribution is 0.382. The molecule has 0 aromatic carbocycles. The van der Waals surface area contributed by atoms with E-state index >= 15 is 0 Å². The van der Waals surface area contributed by atoms with E-state index in [0.717, 1.165) is 17.4 Å². The number of halogens is 1. The number of aromatic nitrogens is 2. The monoisotopic (exact) mass is 273 g/mol. The minimum absolute atomic E-state index is 0.462. The van der Waals surface area contributed by atoms with Crippen LogP contribution in [-0.2, 0) is 0 Å². The molecule has 86 valence electrons. The molecule has 0 aliphatic carbocycles. The smallest absolute Gasteiger partial charge is 0.0644 e. The van der Waals surface area contributed by atoms with Crippen LogP contribution in [0, 0.1) is 0 Å². The fourth-order valence-electron chi connectivity index (χ4n) is 1.55. The molecule has 0 aliphatic heterocycles. The summed E-state index contributed by atoms with van der Waals surface area (Å²) in [4.78, 5) is 0. The average Bonchev–Trinajstić information content (AvgIpc) is 2.59. The number of nitrogens with zero attached hydrogens (tertiary/aromatic N) is 2. The van der Waals surface area contributed by atoms with E-state index < -0.39 is 0 Å². The highest BCUT2D eigenvalue weighted by Gasteiger charge is 2.11. The van der Waals surface area contributed by atoms with Crippen LogP contribution >= 0.6 is 15.9 Å². The van der Waals surface area contributed by atoms with Gasteiger partial charge in [0.15, 0.2) is 0 Å². The van der Waals surface area contributed by atoms with Crippen molar-refractivity contribution in [1.29, 1.82) is 0 Å². The third-order valence-corrected chi connectivity index (χ3v) is 2.74. The highest BCUT2D eigenvalue weighted by atomic mass is 79.9. The van der Waals surface area contributed by atoms with E-state index in [0.29, 0.717) is 12.1 Å². The van der Waals surface area contributed by atoms with E-state index in [1.807, 2.05) is 17.1 Å². The van der Waals surface area contributed by atoms with Crippen LogP contribution < -0.4 is 5.32 Å². The van der Waals surface area contributed by atoms with Gasteiger partial charge in [-0.05, 0) is 22.4 Å². The van der Waals surface area contributed by atoms with Crippen LogP contribution in [0.3, 0.4) is 0 Å². The third kappa shape index (κ3) is 4.34. The summed E-state index contributed by atoms with van der Waals surface area (Å²) < 4.78 is 3.09. The van der Waals surface area contributed by atoms with Gasteiger partial charge in [-0.25, -0.2) is 0 Å². The van der Waals surface area contributed by atoms with Gasteiger partial charge in [0.2, 0.25) is 0 Å². The first-order valence-corrected chi connectivity index (χ1v) is 6.35. The minimum Gasteiger partial charge on any atom is -0.312 e. The van der Waals surface area contributed by atoms with E-state index in [9.17, 15) is 0 Å². The molecule has 1 atom stereocenters. The molecular weight excluding hydrogens is 254 g/mol. The van der Waals surface area contributed by atoms with Crippen LogP contribution in [0.1, 0.15) is 39.7 Å². The lowest BCUT2D eigenvalue weighted by Gasteiger charge is -2.19. The minimum atomic E-state index is 0.462. The Kier molecular flexibility index (Phi) is 5.32. The van der Waals surface area contributed by atoms with Crippen LogP contribution in [0.5, 0.6) is 0 Å². The van der Waals surface area contributed by atoms with Crippen LogP contribution in [0.2, 0.25) is 0 Å². The van der Waals surface area contributed by atoms with Crippen LogP contribution in [0.25, 0.3) is 0 Å². The molecule has 1 unspecified atom stereocenters. The summed E-state index contributed by atoms with van der Waals surface area (Å²) in [7, 11) is 0. The molecule has 0 fully saturated rings. The van der Waals surface area contributed by atoms with Crippen molar-refractivity contribution in [2.24, 2.45) is 0 Å². The summed E-state index contributed by atoms with van der Waals surface area (Å²) >= 11 is 3.43. The molecule has 0 spiro atoms. The molecule has 15 heavy (non-hydrogen) atoms. The predicted molar refractivity (Wildman–Crippen MR) is 67.0 cm³/mol. The van der Waals surface area contributed by atoms with E-state index in [4.69, 9.17) is 0 Å². The number of hydrogen-bond donors (Lipinski definition) is 1. The Bertz CT molecular complexity index is 283. The summed E-state index contributed by atoms with van der Waals surface area (Å²) in [6, 6.07) is 0.993. The Balaban J connectivity index is 2.57. The number of rotatable bonds is 6. The molecule has 3 nitrogen and oxygen atoms in total. The normalized spacial score (nSPS) is 13.4. The molecule has 1 aromatic rings. The highest BCUT2D eigenvalue weighted by Crippen LogP contribution is 2.15. The van der Waals surface area contributed by atoms with Crippen LogP contribution in [-0.4, -0.2) is 22.4 Å². The van der Waals surface area contributed by atoms with E-state index in [-0.39, 0.29) is 0 Å². The topological polar surface area (TPSA) is 29.9 Å². The first-order valence-electron chi connectivity index (χ1n) is 5.56. The molecule has 0 amide bonds. The van der Waals surface area contributed by atoms with E-state index in [1.54, 1.807) is 0 Å². The van der Waals surface area contributed by atoms with Gasteiger partial charge in [0.1, 0.15) is 0 Å². The molecule has 1 N–H and O–H groups in total. The Hall–Kier alpha value is -0.350. The van der Waals surface area contributed by atoms with Gasteiger partial charge in [-0.15, -0.1) is 0 Å². The maximum atomic E-state index is 4.34. The fourth-order valence-corrected chi connectivity index (χ4v) is 1.85.